The minimum absolute atomic E-state index is 0.0135. The van der Waals surface area contributed by atoms with Crippen molar-refractivity contribution in [1.29, 1.82) is 5.41 Å². The van der Waals surface area contributed by atoms with E-state index in [0.717, 1.165) is 5.69 Å². The molecule has 0 aromatic carbocycles. The zero-order valence-corrected chi connectivity index (χ0v) is 12.6. The number of nitrogens with zero attached hydrogens (tertiary/aromatic N) is 2. The molecule has 1 atom stereocenters. The van der Waals surface area contributed by atoms with Gasteiger partial charge < -0.3 is 20.1 Å². The molecule has 0 bridgehead atoms. The summed E-state index contributed by atoms with van der Waals surface area (Å²) in [6.07, 6.45) is 0. The Bertz CT molecular complexity index is 451. The van der Waals surface area contributed by atoms with Gasteiger partial charge >= 0.3 is 0 Å². The average molecular weight is 280 g/mol. The van der Waals surface area contributed by atoms with Crippen LogP contribution in [0.4, 0.5) is 5.82 Å². The lowest BCUT2D eigenvalue weighted by molar-refractivity contribution is 0.170. The van der Waals surface area contributed by atoms with Crippen molar-refractivity contribution in [2.24, 2.45) is 5.73 Å². The standard InChI is InChI=1S/C14H24N4O2/c1-10-5-6-12(13(15)16)14(17-10)18(7-8-19-3)11(2)9-20-4/h5-6,11H,7-9H2,1-4H3,(H3,15,16). The quantitative estimate of drug-likeness (QED) is 0.551. The van der Waals surface area contributed by atoms with Gasteiger partial charge in [0.15, 0.2) is 0 Å². The second kappa shape index (κ2) is 7.81. The van der Waals surface area contributed by atoms with Gasteiger partial charge in [-0.3, -0.25) is 5.41 Å². The number of nitrogens with two attached hydrogens (primary N) is 1. The third-order valence-electron chi connectivity index (χ3n) is 3.05. The maximum atomic E-state index is 7.71. The summed E-state index contributed by atoms with van der Waals surface area (Å²) in [5.74, 6) is 0.721. The molecular formula is C14H24N4O2. The number of aryl methyl sites for hydroxylation is 1. The molecule has 0 aliphatic heterocycles. The second-order valence-electron chi connectivity index (χ2n) is 4.73. The summed E-state index contributed by atoms with van der Waals surface area (Å²) in [5, 5.41) is 7.71. The van der Waals surface area contributed by atoms with Crippen molar-refractivity contribution in [3.8, 4) is 0 Å². The summed E-state index contributed by atoms with van der Waals surface area (Å²) in [7, 11) is 3.33. The van der Waals surface area contributed by atoms with Crippen LogP contribution in [-0.2, 0) is 9.47 Å². The molecule has 1 heterocycles. The topological polar surface area (TPSA) is 84.5 Å². The fraction of sp³-hybridized carbons (Fsp3) is 0.571. The Morgan fingerprint density at radius 2 is 2.10 bits per heavy atom. The minimum Gasteiger partial charge on any atom is -0.384 e. The zero-order valence-electron chi connectivity index (χ0n) is 12.6. The van der Waals surface area contributed by atoms with E-state index in [9.17, 15) is 0 Å². The monoisotopic (exact) mass is 280 g/mol. The Morgan fingerprint density at radius 1 is 1.40 bits per heavy atom. The van der Waals surface area contributed by atoms with Crippen LogP contribution in [0.15, 0.2) is 12.1 Å². The van der Waals surface area contributed by atoms with Crippen molar-refractivity contribution >= 4 is 11.7 Å². The average Bonchev–Trinajstić information content (AvgIpc) is 2.39. The van der Waals surface area contributed by atoms with Gasteiger partial charge in [0.1, 0.15) is 11.7 Å². The first-order valence-corrected chi connectivity index (χ1v) is 6.57. The predicted octanol–water partition coefficient (Wildman–Crippen LogP) is 1.16. The van der Waals surface area contributed by atoms with Gasteiger partial charge in [-0.05, 0) is 26.0 Å². The lowest BCUT2D eigenvalue weighted by atomic mass is 10.1. The number of pyridine rings is 1. The Kier molecular flexibility index (Phi) is 6.41. The molecule has 0 spiro atoms. The number of nitrogens with one attached hydrogen (secondary N) is 1. The number of methoxy groups -OCH3 is 2. The van der Waals surface area contributed by atoms with Gasteiger partial charge in [-0.25, -0.2) is 4.98 Å². The molecule has 0 aliphatic carbocycles. The first-order valence-electron chi connectivity index (χ1n) is 6.57. The number of anilines is 1. The zero-order chi connectivity index (χ0) is 15.1. The summed E-state index contributed by atoms with van der Waals surface area (Å²) in [4.78, 5) is 6.61. The Labute approximate surface area is 120 Å². The molecule has 20 heavy (non-hydrogen) atoms. The molecule has 1 unspecified atom stereocenters. The van der Waals surface area contributed by atoms with E-state index in [1.807, 2.05) is 26.0 Å². The van der Waals surface area contributed by atoms with Gasteiger partial charge in [0.05, 0.1) is 24.8 Å². The van der Waals surface area contributed by atoms with E-state index in [2.05, 4.69) is 9.88 Å². The van der Waals surface area contributed by atoms with E-state index in [1.54, 1.807) is 14.2 Å². The van der Waals surface area contributed by atoms with Crippen molar-refractivity contribution < 1.29 is 9.47 Å². The highest BCUT2D eigenvalue weighted by molar-refractivity contribution is 5.99. The van der Waals surface area contributed by atoms with Gasteiger partial charge in [0, 0.05) is 26.5 Å². The van der Waals surface area contributed by atoms with Gasteiger partial charge in [-0.1, -0.05) is 0 Å². The Hall–Kier alpha value is -1.66. The predicted molar refractivity (Wildman–Crippen MR) is 80.6 cm³/mol. The number of hydrogen-bond donors (Lipinski definition) is 2. The molecule has 6 heteroatoms. The van der Waals surface area contributed by atoms with Gasteiger partial charge in [0.25, 0.3) is 0 Å². The maximum absolute atomic E-state index is 7.71. The molecule has 112 valence electrons. The SMILES string of the molecule is COCCN(c1nc(C)ccc1C(=N)N)C(C)COC. The van der Waals surface area contributed by atoms with Crippen molar-refractivity contribution in [1.82, 2.24) is 4.98 Å². The van der Waals surface area contributed by atoms with Crippen LogP contribution in [-0.4, -0.2) is 50.8 Å². The molecular weight excluding hydrogens is 256 g/mol. The third kappa shape index (κ3) is 4.18. The number of nitrogen functional groups attached to an aromatic ring is 1. The molecule has 0 amide bonds. The molecule has 0 radical (unpaired) electrons. The minimum atomic E-state index is 0.0135. The molecule has 1 aromatic rings. The molecule has 6 nitrogen and oxygen atoms in total. The van der Waals surface area contributed by atoms with Crippen LogP contribution >= 0.6 is 0 Å². The number of rotatable bonds is 8. The number of hydrogen-bond acceptors (Lipinski definition) is 5. The maximum Gasteiger partial charge on any atom is 0.140 e. The fourth-order valence-electron chi connectivity index (χ4n) is 2.03. The molecule has 1 rings (SSSR count). The Balaban J connectivity index is 3.16. The fourth-order valence-corrected chi connectivity index (χ4v) is 2.03. The summed E-state index contributed by atoms with van der Waals surface area (Å²) < 4.78 is 10.4. The van der Waals surface area contributed by atoms with Crippen molar-refractivity contribution in [3.63, 3.8) is 0 Å². The van der Waals surface area contributed by atoms with Crippen LogP contribution in [0.3, 0.4) is 0 Å². The van der Waals surface area contributed by atoms with Crippen molar-refractivity contribution in [2.45, 2.75) is 19.9 Å². The third-order valence-corrected chi connectivity index (χ3v) is 3.05. The van der Waals surface area contributed by atoms with Crippen LogP contribution in [0.25, 0.3) is 0 Å². The van der Waals surface area contributed by atoms with E-state index in [0.29, 0.717) is 31.1 Å². The van der Waals surface area contributed by atoms with Crippen molar-refractivity contribution in [2.75, 3.05) is 38.9 Å². The molecule has 0 saturated heterocycles. The summed E-state index contributed by atoms with van der Waals surface area (Å²) in [6, 6.07) is 3.80. The lowest BCUT2D eigenvalue weighted by Gasteiger charge is -2.31. The van der Waals surface area contributed by atoms with E-state index < -0.39 is 0 Å². The second-order valence-corrected chi connectivity index (χ2v) is 4.73. The highest BCUT2D eigenvalue weighted by Crippen LogP contribution is 2.20. The van der Waals surface area contributed by atoms with E-state index in [1.165, 1.54) is 0 Å². The highest BCUT2D eigenvalue weighted by atomic mass is 16.5. The highest BCUT2D eigenvalue weighted by Gasteiger charge is 2.20. The first-order chi connectivity index (χ1) is 9.51. The van der Waals surface area contributed by atoms with E-state index in [4.69, 9.17) is 20.6 Å². The largest absolute Gasteiger partial charge is 0.384 e. The number of aromatic nitrogens is 1. The van der Waals surface area contributed by atoms with Gasteiger partial charge in [-0.15, -0.1) is 0 Å². The summed E-state index contributed by atoms with van der Waals surface area (Å²) >= 11 is 0. The van der Waals surface area contributed by atoms with Crippen molar-refractivity contribution in [3.05, 3.63) is 23.4 Å². The van der Waals surface area contributed by atoms with Gasteiger partial charge in [0.2, 0.25) is 0 Å². The number of amidine groups is 1. The summed E-state index contributed by atoms with van der Waals surface area (Å²) in [6.45, 7) is 5.77. The number of ether oxygens (including phenoxy) is 2. The summed E-state index contributed by atoms with van der Waals surface area (Å²) in [5.41, 5.74) is 7.18. The Morgan fingerprint density at radius 3 is 2.65 bits per heavy atom. The molecule has 0 fully saturated rings. The lowest BCUT2D eigenvalue weighted by Crippen LogP contribution is -2.40. The van der Waals surface area contributed by atoms with Crippen LogP contribution in [0.5, 0.6) is 0 Å². The van der Waals surface area contributed by atoms with E-state index in [-0.39, 0.29) is 11.9 Å². The van der Waals surface area contributed by atoms with Gasteiger partial charge in [-0.2, -0.15) is 0 Å². The van der Waals surface area contributed by atoms with Crippen LogP contribution in [0.2, 0.25) is 0 Å². The van der Waals surface area contributed by atoms with Crippen LogP contribution < -0.4 is 10.6 Å². The first kappa shape index (κ1) is 16.4. The van der Waals surface area contributed by atoms with Crippen LogP contribution in [0.1, 0.15) is 18.2 Å². The molecule has 3 N–H and O–H groups in total. The molecule has 1 aromatic heterocycles. The molecule has 0 saturated carbocycles. The van der Waals surface area contributed by atoms with E-state index >= 15 is 0 Å². The smallest absolute Gasteiger partial charge is 0.140 e. The normalized spacial score (nSPS) is 12.2. The molecule has 0 aliphatic rings. The van der Waals surface area contributed by atoms with Crippen LogP contribution in [0, 0.1) is 12.3 Å².